The Labute approximate surface area is 153 Å². The number of nitrogens with one attached hydrogen (secondary N) is 1. The molecule has 130 valence electrons. The van der Waals surface area contributed by atoms with Crippen molar-refractivity contribution >= 4 is 18.1 Å². The van der Waals surface area contributed by atoms with E-state index in [0.29, 0.717) is 12.2 Å². The molecule has 2 aromatic carbocycles. The molecular formula is C22H20N2O2. The maximum absolute atomic E-state index is 12.3. The number of benzene rings is 2. The lowest BCUT2D eigenvalue weighted by Gasteiger charge is -2.06. The molecule has 0 atom stereocenters. The molecule has 0 saturated heterocycles. The fourth-order valence-corrected chi connectivity index (χ4v) is 2.45. The van der Waals surface area contributed by atoms with Crippen molar-refractivity contribution < 1.29 is 9.53 Å². The first-order chi connectivity index (χ1) is 12.7. The molecule has 1 heterocycles. The van der Waals surface area contributed by atoms with E-state index < -0.39 is 0 Å². The monoisotopic (exact) mass is 344 g/mol. The summed E-state index contributed by atoms with van der Waals surface area (Å²) in [4.78, 5) is 16.5. The van der Waals surface area contributed by atoms with Crippen LogP contribution in [0, 0.1) is 0 Å². The van der Waals surface area contributed by atoms with Crippen LogP contribution in [0.15, 0.2) is 72.9 Å². The Balaban J connectivity index is 1.63. The van der Waals surface area contributed by atoms with Crippen molar-refractivity contribution in [2.24, 2.45) is 0 Å². The van der Waals surface area contributed by atoms with Crippen molar-refractivity contribution in [1.82, 2.24) is 10.3 Å². The third-order valence-electron chi connectivity index (χ3n) is 3.90. The highest BCUT2D eigenvalue weighted by Gasteiger charge is 2.07. The molecule has 0 aliphatic heterocycles. The number of nitrogens with zero attached hydrogens (tertiary/aromatic N) is 1. The summed E-state index contributed by atoms with van der Waals surface area (Å²) < 4.78 is 5.13. The summed E-state index contributed by atoms with van der Waals surface area (Å²) in [5.74, 6) is 0.593. The first kappa shape index (κ1) is 17.4. The number of pyridine rings is 1. The van der Waals surface area contributed by atoms with Gasteiger partial charge in [-0.3, -0.25) is 9.78 Å². The van der Waals surface area contributed by atoms with Crippen LogP contribution >= 0.6 is 0 Å². The van der Waals surface area contributed by atoms with Gasteiger partial charge < -0.3 is 10.1 Å². The number of hydrogen-bond acceptors (Lipinski definition) is 3. The van der Waals surface area contributed by atoms with E-state index in [1.54, 1.807) is 19.4 Å². The summed E-state index contributed by atoms with van der Waals surface area (Å²) >= 11 is 0. The van der Waals surface area contributed by atoms with Crippen molar-refractivity contribution in [2.45, 2.75) is 6.54 Å². The van der Waals surface area contributed by atoms with E-state index in [0.717, 1.165) is 22.4 Å². The Kier molecular flexibility index (Phi) is 5.78. The van der Waals surface area contributed by atoms with Gasteiger partial charge in [0.1, 0.15) is 11.4 Å². The van der Waals surface area contributed by atoms with E-state index in [4.69, 9.17) is 4.74 Å². The third-order valence-corrected chi connectivity index (χ3v) is 3.90. The van der Waals surface area contributed by atoms with Crippen molar-refractivity contribution in [3.63, 3.8) is 0 Å². The Bertz CT molecular complexity index is 888. The number of carbonyl (C=O) groups is 1. The molecule has 26 heavy (non-hydrogen) atoms. The average Bonchev–Trinajstić information content (AvgIpc) is 2.72. The minimum absolute atomic E-state index is 0.198. The minimum Gasteiger partial charge on any atom is -0.497 e. The highest BCUT2D eigenvalue weighted by atomic mass is 16.5. The average molecular weight is 344 g/mol. The van der Waals surface area contributed by atoms with Crippen LogP contribution in [-0.2, 0) is 6.54 Å². The summed E-state index contributed by atoms with van der Waals surface area (Å²) in [6, 6.07) is 21.3. The van der Waals surface area contributed by atoms with Crippen LogP contribution in [0.3, 0.4) is 0 Å². The summed E-state index contributed by atoms with van der Waals surface area (Å²) in [5, 5.41) is 2.89. The quantitative estimate of drug-likeness (QED) is 0.729. The molecule has 0 spiro atoms. The first-order valence-corrected chi connectivity index (χ1v) is 8.35. The van der Waals surface area contributed by atoms with E-state index >= 15 is 0 Å². The summed E-state index contributed by atoms with van der Waals surface area (Å²) in [6.45, 7) is 0.439. The van der Waals surface area contributed by atoms with E-state index in [1.165, 1.54) is 0 Å². The van der Waals surface area contributed by atoms with Crippen LogP contribution < -0.4 is 10.1 Å². The number of amides is 1. The number of carbonyl (C=O) groups excluding carboxylic acids is 1. The van der Waals surface area contributed by atoms with E-state index in [2.05, 4.69) is 10.3 Å². The van der Waals surface area contributed by atoms with Gasteiger partial charge in [0.05, 0.1) is 7.11 Å². The fourth-order valence-electron chi connectivity index (χ4n) is 2.45. The summed E-state index contributed by atoms with van der Waals surface area (Å²) in [6.07, 6.45) is 5.62. The van der Waals surface area contributed by atoms with E-state index in [-0.39, 0.29) is 5.91 Å². The van der Waals surface area contributed by atoms with Crippen molar-refractivity contribution in [1.29, 1.82) is 0 Å². The molecule has 0 bridgehead atoms. The van der Waals surface area contributed by atoms with Crippen LogP contribution in [0.5, 0.6) is 5.75 Å². The van der Waals surface area contributed by atoms with E-state index in [9.17, 15) is 4.79 Å². The number of methoxy groups -OCH3 is 1. The predicted molar refractivity (Wildman–Crippen MR) is 104 cm³/mol. The number of ether oxygens (including phenoxy) is 1. The Morgan fingerprint density at radius 3 is 2.46 bits per heavy atom. The molecule has 4 heteroatoms. The second-order valence-electron chi connectivity index (χ2n) is 5.75. The van der Waals surface area contributed by atoms with E-state index in [1.807, 2.05) is 72.8 Å². The molecule has 1 N–H and O–H groups in total. The zero-order valence-corrected chi connectivity index (χ0v) is 14.6. The number of aromatic nitrogens is 1. The highest BCUT2D eigenvalue weighted by molar-refractivity contribution is 5.93. The van der Waals surface area contributed by atoms with Crippen LogP contribution in [0.25, 0.3) is 12.2 Å². The maximum atomic E-state index is 12.3. The number of hydrogen-bond donors (Lipinski definition) is 1. The fraction of sp³-hybridized carbons (Fsp3) is 0.0909. The Morgan fingerprint density at radius 1 is 1.00 bits per heavy atom. The molecular weight excluding hydrogens is 324 g/mol. The molecule has 0 aliphatic carbocycles. The molecule has 1 amide bonds. The predicted octanol–water partition coefficient (Wildman–Crippen LogP) is 4.19. The van der Waals surface area contributed by atoms with Gasteiger partial charge in [-0.25, -0.2) is 0 Å². The molecule has 0 unspecified atom stereocenters. The molecule has 1 aromatic heterocycles. The highest BCUT2D eigenvalue weighted by Crippen LogP contribution is 2.12. The lowest BCUT2D eigenvalue weighted by atomic mass is 10.1. The minimum atomic E-state index is -0.198. The lowest BCUT2D eigenvalue weighted by molar-refractivity contribution is 0.0946. The third kappa shape index (κ3) is 4.80. The van der Waals surface area contributed by atoms with Gasteiger partial charge in [0, 0.05) is 12.7 Å². The van der Waals surface area contributed by atoms with Gasteiger partial charge in [0.2, 0.25) is 0 Å². The van der Waals surface area contributed by atoms with Crippen LogP contribution in [0.4, 0.5) is 0 Å². The van der Waals surface area contributed by atoms with Crippen molar-refractivity contribution in [3.8, 4) is 5.75 Å². The zero-order chi connectivity index (χ0) is 18.2. The molecule has 3 rings (SSSR count). The largest absolute Gasteiger partial charge is 0.497 e. The van der Waals surface area contributed by atoms with Crippen LogP contribution in [0.1, 0.15) is 27.2 Å². The topological polar surface area (TPSA) is 51.2 Å². The van der Waals surface area contributed by atoms with Gasteiger partial charge in [0.15, 0.2) is 0 Å². The smallest absolute Gasteiger partial charge is 0.270 e. The maximum Gasteiger partial charge on any atom is 0.270 e. The normalized spacial score (nSPS) is 10.7. The molecule has 0 saturated carbocycles. The number of rotatable bonds is 6. The first-order valence-electron chi connectivity index (χ1n) is 8.35. The summed E-state index contributed by atoms with van der Waals surface area (Å²) in [7, 11) is 1.63. The van der Waals surface area contributed by atoms with Gasteiger partial charge in [-0.1, -0.05) is 54.6 Å². The molecule has 0 aliphatic rings. The van der Waals surface area contributed by atoms with Gasteiger partial charge in [-0.15, -0.1) is 0 Å². The van der Waals surface area contributed by atoms with Gasteiger partial charge in [-0.05, 0) is 41.0 Å². The molecule has 0 radical (unpaired) electrons. The zero-order valence-electron chi connectivity index (χ0n) is 14.6. The lowest BCUT2D eigenvalue weighted by Crippen LogP contribution is -2.23. The van der Waals surface area contributed by atoms with Crippen LogP contribution in [0.2, 0.25) is 0 Å². The Morgan fingerprint density at radius 2 is 1.73 bits per heavy atom. The van der Waals surface area contributed by atoms with Crippen molar-refractivity contribution in [2.75, 3.05) is 7.11 Å². The van der Waals surface area contributed by atoms with Gasteiger partial charge in [0.25, 0.3) is 5.91 Å². The second-order valence-corrected chi connectivity index (χ2v) is 5.75. The van der Waals surface area contributed by atoms with Gasteiger partial charge in [-0.2, -0.15) is 0 Å². The Hall–Kier alpha value is -3.40. The second kappa shape index (κ2) is 8.62. The van der Waals surface area contributed by atoms with Gasteiger partial charge >= 0.3 is 0 Å². The molecule has 0 fully saturated rings. The van der Waals surface area contributed by atoms with Crippen LogP contribution in [-0.4, -0.2) is 18.0 Å². The molecule has 3 aromatic rings. The standard InChI is InChI=1S/C22H20N2O2/c1-26-20-11-9-19(10-12-20)16-24-22(25)21-15-18(13-14-23-21)8-7-17-5-3-2-4-6-17/h2-15H,16H2,1H3,(H,24,25)/b8-7+. The molecule has 4 nitrogen and oxygen atoms in total. The summed E-state index contributed by atoms with van der Waals surface area (Å²) in [5.41, 5.74) is 3.43. The SMILES string of the molecule is COc1ccc(CNC(=O)c2cc(/C=C/c3ccccc3)ccn2)cc1. The van der Waals surface area contributed by atoms with Crippen molar-refractivity contribution in [3.05, 3.63) is 95.3 Å².